The van der Waals surface area contributed by atoms with Crippen molar-refractivity contribution in [1.82, 2.24) is 0 Å². The van der Waals surface area contributed by atoms with Crippen LogP contribution in [0.25, 0.3) is 0 Å². The minimum atomic E-state index is 0.453. The summed E-state index contributed by atoms with van der Waals surface area (Å²) in [5.41, 5.74) is 4.29. The summed E-state index contributed by atoms with van der Waals surface area (Å²) in [5.74, 6) is 0.995. The first-order chi connectivity index (χ1) is 7.84. The predicted molar refractivity (Wildman–Crippen MR) is 65.3 cm³/mol. The van der Waals surface area contributed by atoms with Crippen LogP contribution in [0.3, 0.4) is 0 Å². The summed E-state index contributed by atoms with van der Waals surface area (Å²) in [5, 5.41) is 0. The minimum absolute atomic E-state index is 0.453. The largest absolute Gasteiger partial charge is 0.376 e. The molecular formula is C15H16O. The van der Waals surface area contributed by atoms with E-state index in [9.17, 15) is 0 Å². The van der Waals surface area contributed by atoms with Gasteiger partial charge in [0.15, 0.2) is 0 Å². The Hall–Kier alpha value is -1.34. The van der Waals surface area contributed by atoms with Crippen molar-refractivity contribution < 1.29 is 4.74 Å². The van der Waals surface area contributed by atoms with Gasteiger partial charge in [-0.2, -0.15) is 0 Å². The molecule has 0 bridgehead atoms. The molecule has 0 radical (unpaired) electrons. The second kappa shape index (κ2) is 3.91. The highest BCUT2D eigenvalue weighted by Gasteiger charge is 2.26. The normalized spacial score (nSPS) is 28.3. The molecule has 1 heterocycles. The lowest BCUT2D eigenvalue weighted by molar-refractivity contribution is 0.195. The van der Waals surface area contributed by atoms with Gasteiger partial charge in [-0.05, 0) is 18.1 Å². The highest BCUT2D eigenvalue weighted by atomic mass is 16.5. The zero-order valence-electron chi connectivity index (χ0n) is 9.52. The van der Waals surface area contributed by atoms with E-state index in [4.69, 9.17) is 4.74 Å². The van der Waals surface area contributed by atoms with E-state index >= 15 is 0 Å². The first-order valence-electron chi connectivity index (χ1n) is 5.86. The van der Waals surface area contributed by atoms with Gasteiger partial charge in [-0.3, -0.25) is 0 Å². The maximum Gasteiger partial charge on any atom is 0.0684 e. The molecule has 1 fully saturated rings. The summed E-state index contributed by atoms with van der Waals surface area (Å²) in [6, 6.07) is 10.7. The maximum atomic E-state index is 5.51. The van der Waals surface area contributed by atoms with Crippen LogP contribution in [0.5, 0.6) is 0 Å². The van der Waals surface area contributed by atoms with Crippen LogP contribution in [0.2, 0.25) is 0 Å². The molecule has 2 unspecified atom stereocenters. The first kappa shape index (κ1) is 9.86. The van der Waals surface area contributed by atoms with Gasteiger partial charge in [0.25, 0.3) is 0 Å². The SMILES string of the molecule is CC1=CC2COCC2=CC1c1ccccc1. The Morgan fingerprint density at radius 3 is 2.75 bits per heavy atom. The molecule has 82 valence electrons. The van der Waals surface area contributed by atoms with Crippen molar-refractivity contribution in [1.29, 1.82) is 0 Å². The maximum absolute atomic E-state index is 5.51. The van der Waals surface area contributed by atoms with Gasteiger partial charge in [-0.1, -0.05) is 48.1 Å². The molecule has 2 atom stereocenters. The highest BCUT2D eigenvalue weighted by molar-refractivity contribution is 5.40. The number of rotatable bonds is 1. The summed E-state index contributed by atoms with van der Waals surface area (Å²) in [7, 11) is 0. The van der Waals surface area contributed by atoms with Crippen LogP contribution in [-0.2, 0) is 4.74 Å². The molecule has 1 nitrogen and oxygen atoms in total. The third-order valence-electron chi connectivity index (χ3n) is 3.54. The van der Waals surface area contributed by atoms with Crippen LogP contribution < -0.4 is 0 Å². The van der Waals surface area contributed by atoms with Gasteiger partial charge >= 0.3 is 0 Å². The van der Waals surface area contributed by atoms with Crippen LogP contribution >= 0.6 is 0 Å². The van der Waals surface area contributed by atoms with Crippen molar-refractivity contribution in [3.05, 3.63) is 59.2 Å². The molecule has 1 saturated heterocycles. The lowest BCUT2D eigenvalue weighted by Gasteiger charge is -2.22. The number of hydrogen-bond donors (Lipinski definition) is 0. The number of ether oxygens (including phenoxy) is 1. The van der Waals surface area contributed by atoms with Crippen LogP contribution in [0.1, 0.15) is 18.4 Å². The van der Waals surface area contributed by atoms with Gasteiger partial charge in [0.2, 0.25) is 0 Å². The van der Waals surface area contributed by atoms with Gasteiger partial charge in [0.1, 0.15) is 0 Å². The van der Waals surface area contributed by atoms with E-state index in [0.29, 0.717) is 11.8 Å². The lowest BCUT2D eigenvalue weighted by atomic mass is 9.81. The van der Waals surface area contributed by atoms with Gasteiger partial charge in [-0.15, -0.1) is 0 Å². The molecule has 1 heteroatoms. The van der Waals surface area contributed by atoms with E-state index in [1.54, 1.807) is 0 Å². The van der Waals surface area contributed by atoms with Crippen molar-refractivity contribution in [2.24, 2.45) is 5.92 Å². The zero-order valence-corrected chi connectivity index (χ0v) is 9.52. The Morgan fingerprint density at radius 2 is 1.94 bits per heavy atom. The van der Waals surface area contributed by atoms with Gasteiger partial charge in [0.05, 0.1) is 13.2 Å². The molecule has 0 spiro atoms. The van der Waals surface area contributed by atoms with E-state index in [2.05, 4.69) is 49.4 Å². The van der Waals surface area contributed by atoms with E-state index < -0.39 is 0 Å². The van der Waals surface area contributed by atoms with Crippen LogP contribution in [0, 0.1) is 5.92 Å². The van der Waals surface area contributed by atoms with Crippen LogP contribution in [-0.4, -0.2) is 13.2 Å². The topological polar surface area (TPSA) is 9.23 Å². The predicted octanol–water partition coefficient (Wildman–Crippen LogP) is 3.30. The fourth-order valence-electron chi connectivity index (χ4n) is 2.63. The van der Waals surface area contributed by atoms with Crippen molar-refractivity contribution in [2.75, 3.05) is 13.2 Å². The van der Waals surface area contributed by atoms with E-state index in [1.807, 2.05) is 0 Å². The third kappa shape index (κ3) is 1.61. The fraction of sp³-hybridized carbons (Fsp3) is 0.333. The third-order valence-corrected chi connectivity index (χ3v) is 3.54. The highest BCUT2D eigenvalue weighted by Crippen LogP contribution is 2.36. The van der Waals surface area contributed by atoms with Crippen molar-refractivity contribution in [3.8, 4) is 0 Å². The molecule has 0 saturated carbocycles. The number of benzene rings is 1. The van der Waals surface area contributed by atoms with Crippen LogP contribution in [0.15, 0.2) is 53.6 Å². The summed E-state index contributed by atoms with van der Waals surface area (Å²) >= 11 is 0. The Labute approximate surface area is 96.4 Å². The fourth-order valence-corrected chi connectivity index (χ4v) is 2.63. The lowest BCUT2D eigenvalue weighted by Crippen LogP contribution is -2.10. The molecular weight excluding hydrogens is 196 g/mol. The van der Waals surface area contributed by atoms with Crippen LogP contribution in [0.4, 0.5) is 0 Å². The molecule has 0 aromatic heterocycles. The zero-order chi connectivity index (χ0) is 11.0. The average molecular weight is 212 g/mol. The Kier molecular flexibility index (Phi) is 2.41. The van der Waals surface area contributed by atoms with Crippen molar-refractivity contribution in [2.45, 2.75) is 12.8 Å². The Bertz CT molecular complexity index is 442. The molecule has 3 rings (SSSR count). The van der Waals surface area contributed by atoms with Gasteiger partial charge in [0, 0.05) is 11.8 Å². The number of hydrogen-bond acceptors (Lipinski definition) is 1. The summed E-state index contributed by atoms with van der Waals surface area (Å²) in [6.07, 6.45) is 4.77. The Balaban J connectivity index is 1.97. The van der Waals surface area contributed by atoms with Crippen molar-refractivity contribution in [3.63, 3.8) is 0 Å². The van der Waals surface area contributed by atoms with E-state index in [-0.39, 0.29) is 0 Å². The van der Waals surface area contributed by atoms with E-state index in [1.165, 1.54) is 16.7 Å². The average Bonchev–Trinajstić information content (AvgIpc) is 2.76. The minimum Gasteiger partial charge on any atom is -0.376 e. The second-order valence-corrected chi connectivity index (χ2v) is 4.66. The van der Waals surface area contributed by atoms with Gasteiger partial charge < -0.3 is 4.74 Å². The molecule has 0 N–H and O–H groups in total. The molecule has 1 aromatic carbocycles. The number of allylic oxidation sites excluding steroid dienone is 2. The monoisotopic (exact) mass is 212 g/mol. The smallest absolute Gasteiger partial charge is 0.0684 e. The molecule has 1 aliphatic carbocycles. The summed E-state index contributed by atoms with van der Waals surface area (Å²) in [6.45, 7) is 3.91. The Morgan fingerprint density at radius 1 is 1.12 bits per heavy atom. The quantitative estimate of drug-likeness (QED) is 0.649. The summed E-state index contributed by atoms with van der Waals surface area (Å²) < 4.78 is 5.51. The molecule has 2 aliphatic rings. The van der Waals surface area contributed by atoms with Crippen molar-refractivity contribution >= 4 is 0 Å². The standard InChI is InChI=1S/C15H16O/c1-11-7-13-9-16-10-14(13)8-15(11)12-5-3-2-4-6-12/h2-8,13,15H,9-10H2,1H3. The second-order valence-electron chi connectivity index (χ2n) is 4.66. The first-order valence-corrected chi connectivity index (χ1v) is 5.86. The van der Waals surface area contributed by atoms with E-state index in [0.717, 1.165) is 13.2 Å². The number of fused-ring (bicyclic) bond motifs is 1. The molecule has 1 aliphatic heterocycles. The molecule has 16 heavy (non-hydrogen) atoms. The molecule has 0 amide bonds. The molecule has 1 aromatic rings. The summed E-state index contributed by atoms with van der Waals surface area (Å²) in [4.78, 5) is 0. The van der Waals surface area contributed by atoms with Gasteiger partial charge in [-0.25, -0.2) is 0 Å².